The Labute approximate surface area is 149 Å². The second kappa shape index (κ2) is 7.59. The third-order valence-corrected chi connectivity index (χ3v) is 3.75. The van der Waals surface area contributed by atoms with E-state index < -0.39 is 11.8 Å². The second-order valence-electron chi connectivity index (χ2n) is 5.23. The Morgan fingerprint density at radius 3 is 2.40 bits per heavy atom. The van der Waals surface area contributed by atoms with Gasteiger partial charge in [-0.3, -0.25) is 9.59 Å². The zero-order chi connectivity index (χ0) is 17.6. The molecule has 0 spiro atoms. The van der Waals surface area contributed by atoms with Gasteiger partial charge in [0.2, 0.25) is 0 Å². The number of halogens is 1. The third-order valence-electron chi connectivity index (χ3n) is 3.50. The molecule has 124 valence electrons. The summed E-state index contributed by atoms with van der Waals surface area (Å²) in [5.41, 5.74) is 3.54. The van der Waals surface area contributed by atoms with Crippen molar-refractivity contribution in [1.82, 2.24) is 5.43 Å². The summed E-state index contributed by atoms with van der Waals surface area (Å²) >= 11 is 5.77. The van der Waals surface area contributed by atoms with Crippen LogP contribution in [0, 0.1) is 0 Å². The van der Waals surface area contributed by atoms with Crippen molar-refractivity contribution < 1.29 is 9.59 Å². The number of nitrogens with zero attached hydrogens (tertiary/aromatic N) is 1. The van der Waals surface area contributed by atoms with E-state index in [9.17, 15) is 9.59 Å². The zero-order valence-corrected chi connectivity index (χ0v) is 13.8. The first-order valence-electron chi connectivity index (χ1n) is 7.51. The molecule has 0 aliphatic rings. The summed E-state index contributed by atoms with van der Waals surface area (Å²) in [6.45, 7) is 0. The molecular weight excluding hydrogens is 338 g/mol. The highest BCUT2D eigenvalue weighted by Gasteiger charge is 2.12. The summed E-state index contributed by atoms with van der Waals surface area (Å²) in [6, 6.07) is 20.1. The van der Waals surface area contributed by atoms with Crippen LogP contribution < -0.4 is 10.7 Å². The molecule has 3 aromatic rings. The first-order valence-corrected chi connectivity index (χ1v) is 7.89. The van der Waals surface area contributed by atoms with E-state index in [1.807, 2.05) is 42.5 Å². The highest BCUT2D eigenvalue weighted by molar-refractivity contribution is 6.39. The number of hydrazone groups is 1. The maximum atomic E-state index is 11.8. The fraction of sp³-hybridized carbons (Fsp3) is 0. The van der Waals surface area contributed by atoms with Gasteiger partial charge in [0.05, 0.1) is 6.21 Å². The van der Waals surface area contributed by atoms with Gasteiger partial charge < -0.3 is 5.32 Å². The van der Waals surface area contributed by atoms with Crippen molar-refractivity contribution in [1.29, 1.82) is 0 Å². The molecule has 0 radical (unpaired) electrons. The number of carbonyl (C=O) groups excluding carboxylic acids is 2. The van der Waals surface area contributed by atoms with E-state index in [-0.39, 0.29) is 0 Å². The maximum Gasteiger partial charge on any atom is 0.329 e. The van der Waals surface area contributed by atoms with Crippen molar-refractivity contribution in [2.45, 2.75) is 0 Å². The predicted octanol–water partition coefficient (Wildman–Crippen LogP) is 3.58. The summed E-state index contributed by atoms with van der Waals surface area (Å²) in [4.78, 5) is 23.6. The fourth-order valence-electron chi connectivity index (χ4n) is 2.30. The Morgan fingerprint density at radius 1 is 0.880 bits per heavy atom. The van der Waals surface area contributed by atoms with Crippen LogP contribution in [0.4, 0.5) is 5.69 Å². The topological polar surface area (TPSA) is 70.6 Å². The zero-order valence-electron chi connectivity index (χ0n) is 13.1. The van der Waals surface area contributed by atoms with E-state index in [4.69, 9.17) is 11.6 Å². The number of fused-ring (bicyclic) bond motifs is 1. The Morgan fingerprint density at radius 2 is 1.60 bits per heavy atom. The highest BCUT2D eigenvalue weighted by atomic mass is 35.5. The predicted molar refractivity (Wildman–Crippen MR) is 99.8 cm³/mol. The first-order chi connectivity index (χ1) is 12.1. The lowest BCUT2D eigenvalue weighted by Crippen LogP contribution is -2.32. The number of amides is 2. The Hall–Kier alpha value is -3.18. The van der Waals surface area contributed by atoms with E-state index in [1.54, 1.807) is 24.3 Å². The van der Waals surface area contributed by atoms with Gasteiger partial charge in [0.1, 0.15) is 0 Å². The Balaban J connectivity index is 1.64. The molecule has 3 rings (SSSR count). The molecule has 0 saturated carbocycles. The van der Waals surface area contributed by atoms with Gasteiger partial charge in [-0.25, -0.2) is 5.43 Å². The quantitative estimate of drug-likeness (QED) is 0.430. The Kier molecular flexibility index (Phi) is 5.06. The molecule has 0 saturated heterocycles. The molecule has 2 amide bonds. The number of benzene rings is 3. The molecule has 5 nitrogen and oxygen atoms in total. The minimum Gasteiger partial charge on any atom is -0.318 e. The molecule has 0 unspecified atom stereocenters. The lowest BCUT2D eigenvalue weighted by Gasteiger charge is -2.04. The smallest absolute Gasteiger partial charge is 0.318 e. The van der Waals surface area contributed by atoms with Crippen LogP contribution in [0.15, 0.2) is 71.8 Å². The standard InChI is InChI=1S/C19H14ClN3O2/c20-15-8-10-16(11-9-15)22-18(24)19(25)23-21-12-14-6-3-5-13-4-1-2-7-17(13)14/h1-12H,(H,22,24)(H,23,25)/b21-12-. The van der Waals surface area contributed by atoms with Gasteiger partial charge in [-0.1, -0.05) is 54.1 Å². The summed E-state index contributed by atoms with van der Waals surface area (Å²) in [6.07, 6.45) is 1.51. The summed E-state index contributed by atoms with van der Waals surface area (Å²) < 4.78 is 0. The fourth-order valence-corrected chi connectivity index (χ4v) is 2.42. The largest absolute Gasteiger partial charge is 0.329 e. The number of hydrogen-bond acceptors (Lipinski definition) is 3. The number of carbonyl (C=O) groups is 2. The number of anilines is 1. The van der Waals surface area contributed by atoms with Crippen molar-refractivity contribution >= 4 is 46.1 Å². The molecule has 25 heavy (non-hydrogen) atoms. The summed E-state index contributed by atoms with van der Waals surface area (Å²) in [7, 11) is 0. The third kappa shape index (κ3) is 4.22. The SMILES string of the molecule is O=C(N/N=C\c1cccc2ccccc12)C(=O)Nc1ccc(Cl)cc1. The molecule has 0 aromatic heterocycles. The number of nitrogens with one attached hydrogen (secondary N) is 2. The molecule has 6 heteroatoms. The second-order valence-corrected chi connectivity index (χ2v) is 5.66. The minimum absolute atomic E-state index is 0.475. The van der Waals surface area contributed by atoms with E-state index in [2.05, 4.69) is 15.8 Å². The van der Waals surface area contributed by atoms with Crippen molar-refractivity contribution in [3.05, 3.63) is 77.3 Å². The van der Waals surface area contributed by atoms with Crippen molar-refractivity contribution in [2.75, 3.05) is 5.32 Å². The van der Waals surface area contributed by atoms with Crippen LogP contribution in [-0.2, 0) is 9.59 Å². The number of hydrogen-bond donors (Lipinski definition) is 2. The molecule has 3 aromatic carbocycles. The number of rotatable bonds is 3. The minimum atomic E-state index is -0.855. The van der Waals surface area contributed by atoms with E-state index >= 15 is 0 Å². The molecular formula is C19H14ClN3O2. The molecule has 0 aliphatic heterocycles. The lowest BCUT2D eigenvalue weighted by molar-refractivity contribution is -0.136. The van der Waals surface area contributed by atoms with E-state index in [0.717, 1.165) is 16.3 Å². The van der Waals surface area contributed by atoms with Crippen LogP contribution in [0.1, 0.15) is 5.56 Å². The van der Waals surface area contributed by atoms with Gasteiger partial charge in [0, 0.05) is 16.3 Å². The van der Waals surface area contributed by atoms with Crippen molar-refractivity contribution in [2.24, 2.45) is 5.10 Å². The van der Waals surface area contributed by atoms with Gasteiger partial charge in [0.15, 0.2) is 0 Å². The monoisotopic (exact) mass is 351 g/mol. The molecule has 0 heterocycles. The average Bonchev–Trinajstić information content (AvgIpc) is 2.63. The van der Waals surface area contributed by atoms with Crippen LogP contribution in [-0.4, -0.2) is 18.0 Å². The summed E-state index contributed by atoms with van der Waals surface area (Å²) in [5, 5.41) is 8.95. The average molecular weight is 352 g/mol. The molecule has 0 bridgehead atoms. The first kappa shape index (κ1) is 16.7. The summed E-state index contributed by atoms with van der Waals surface area (Å²) in [5.74, 6) is -1.66. The lowest BCUT2D eigenvalue weighted by atomic mass is 10.1. The van der Waals surface area contributed by atoms with Gasteiger partial charge in [0.25, 0.3) is 0 Å². The normalized spacial score (nSPS) is 10.8. The Bertz CT molecular complexity index is 947. The van der Waals surface area contributed by atoms with E-state index in [1.165, 1.54) is 6.21 Å². The van der Waals surface area contributed by atoms with Gasteiger partial charge in [-0.05, 0) is 35.0 Å². The maximum absolute atomic E-state index is 11.8. The van der Waals surface area contributed by atoms with Crippen LogP contribution in [0.2, 0.25) is 5.02 Å². The van der Waals surface area contributed by atoms with Crippen LogP contribution in [0.25, 0.3) is 10.8 Å². The van der Waals surface area contributed by atoms with Crippen LogP contribution >= 0.6 is 11.6 Å². The van der Waals surface area contributed by atoms with Gasteiger partial charge in [-0.2, -0.15) is 5.10 Å². The molecule has 0 aliphatic carbocycles. The molecule has 2 N–H and O–H groups in total. The highest BCUT2D eigenvalue weighted by Crippen LogP contribution is 2.16. The van der Waals surface area contributed by atoms with Crippen molar-refractivity contribution in [3.8, 4) is 0 Å². The molecule has 0 atom stereocenters. The van der Waals surface area contributed by atoms with Gasteiger partial charge >= 0.3 is 11.8 Å². The van der Waals surface area contributed by atoms with Crippen LogP contribution in [0.3, 0.4) is 0 Å². The van der Waals surface area contributed by atoms with Crippen molar-refractivity contribution in [3.63, 3.8) is 0 Å². The van der Waals surface area contributed by atoms with E-state index in [0.29, 0.717) is 10.7 Å². The molecule has 0 fully saturated rings. The van der Waals surface area contributed by atoms with Gasteiger partial charge in [-0.15, -0.1) is 0 Å². The van der Waals surface area contributed by atoms with Crippen LogP contribution in [0.5, 0.6) is 0 Å².